The molecule has 0 spiro atoms. The van der Waals surface area contributed by atoms with Crippen LogP contribution in [0.25, 0.3) is 0 Å². The van der Waals surface area contributed by atoms with E-state index in [1.165, 1.54) is 10.9 Å². The van der Waals surface area contributed by atoms with Crippen LogP contribution < -0.4 is 11.5 Å². The largest absolute Gasteiger partial charge is 0.390 e. The summed E-state index contributed by atoms with van der Waals surface area (Å²) in [6.45, 7) is 0. The molecule has 2 unspecified atom stereocenters. The van der Waals surface area contributed by atoms with Gasteiger partial charge in [0.25, 0.3) is 0 Å². The summed E-state index contributed by atoms with van der Waals surface area (Å²) in [4.78, 5) is 10.5. The highest BCUT2D eigenvalue weighted by Gasteiger charge is 2.23. The highest BCUT2D eigenvalue weighted by Crippen LogP contribution is 2.22. The van der Waals surface area contributed by atoms with Crippen LogP contribution in [0.1, 0.15) is 18.1 Å². The van der Waals surface area contributed by atoms with Crippen molar-refractivity contribution in [1.82, 2.24) is 9.78 Å². The predicted molar refractivity (Wildman–Crippen MR) is 52.4 cm³/mol. The summed E-state index contributed by atoms with van der Waals surface area (Å²) in [6.07, 6.45) is -1.38. The van der Waals surface area contributed by atoms with E-state index >= 15 is 0 Å². The molecule has 0 bridgehead atoms. The first-order valence-electron chi connectivity index (χ1n) is 4.35. The van der Waals surface area contributed by atoms with Crippen LogP contribution in [0.15, 0.2) is 6.20 Å². The molecule has 2 atom stereocenters. The van der Waals surface area contributed by atoms with E-state index in [-0.39, 0.29) is 17.8 Å². The van der Waals surface area contributed by atoms with Crippen molar-refractivity contribution < 1.29 is 15.0 Å². The van der Waals surface area contributed by atoms with Crippen LogP contribution in [0, 0.1) is 0 Å². The first kappa shape index (κ1) is 11.5. The Balaban J connectivity index is 2.79. The molecule has 1 rings (SSSR count). The highest BCUT2D eigenvalue weighted by molar-refractivity contribution is 5.74. The number of rotatable bonds is 4. The van der Waals surface area contributed by atoms with E-state index in [1.54, 1.807) is 7.05 Å². The lowest BCUT2D eigenvalue weighted by atomic mass is 10.0. The minimum atomic E-state index is -1.27. The molecule has 0 saturated carbocycles. The van der Waals surface area contributed by atoms with Crippen molar-refractivity contribution in [3.05, 3.63) is 11.8 Å². The van der Waals surface area contributed by atoms with Gasteiger partial charge in [0.15, 0.2) is 5.82 Å². The topological polar surface area (TPSA) is 127 Å². The highest BCUT2D eigenvalue weighted by atomic mass is 16.3. The molecule has 0 aliphatic carbocycles. The molecule has 6 N–H and O–H groups in total. The number of carbonyl (C=O) groups excluding carboxylic acids is 1. The van der Waals surface area contributed by atoms with Crippen LogP contribution in [0.3, 0.4) is 0 Å². The second-order valence-corrected chi connectivity index (χ2v) is 3.33. The van der Waals surface area contributed by atoms with E-state index in [9.17, 15) is 15.0 Å². The molecule has 1 heterocycles. The Morgan fingerprint density at radius 3 is 2.67 bits per heavy atom. The third-order valence-electron chi connectivity index (χ3n) is 1.98. The molecular weight excluding hydrogens is 200 g/mol. The van der Waals surface area contributed by atoms with Crippen LogP contribution >= 0.6 is 0 Å². The zero-order valence-corrected chi connectivity index (χ0v) is 8.29. The molecule has 1 aromatic heterocycles. The number of nitrogens with zero attached hydrogens (tertiary/aromatic N) is 2. The first-order valence-corrected chi connectivity index (χ1v) is 4.35. The summed E-state index contributed by atoms with van der Waals surface area (Å²) in [6, 6.07) is 0. The lowest BCUT2D eigenvalue weighted by molar-refractivity contribution is -0.121. The fraction of sp³-hybridized carbons (Fsp3) is 0.500. The Bertz CT molecular complexity index is 363. The van der Waals surface area contributed by atoms with Crippen molar-refractivity contribution >= 4 is 11.7 Å². The van der Waals surface area contributed by atoms with Gasteiger partial charge in [0, 0.05) is 18.8 Å². The number of nitrogens with two attached hydrogens (primary N) is 2. The van der Waals surface area contributed by atoms with Crippen molar-refractivity contribution in [3.63, 3.8) is 0 Å². The maximum Gasteiger partial charge on any atom is 0.220 e. The number of amides is 1. The van der Waals surface area contributed by atoms with Gasteiger partial charge in [-0.25, -0.2) is 0 Å². The van der Waals surface area contributed by atoms with Gasteiger partial charge in [0.2, 0.25) is 5.91 Å². The van der Waals surface area contributed by atoms with Crippen LogP contribution in [0.4, 0.5) is 5.82 Å². The molecule has 1 aromatic rings. The molecule has 7 heteroatoms. The number of aliphatic hydroxyl groups is 2. The van der Waals surface area contributed by atoms with Gasteiger partial charge in [-0.3, -0.25) is 9.48 Å². The summed E-state index contributed by atoms with van der Waals surface area (Å²) >= 11 is 0. The van der Waals surface area contributed by atoms with Crippen molar-refractivity contribution in [2.45, 2.75) is 18.6 Å². The van der Waals surface area contributed by atoms with E-state index in [2.05, 4.69) is 5.10 Å². The van der Waals surface area contributed by atoms with Crippen LogP contribution in [-0.4, -0.2) is 32.0 Å². The average Bonchev–Trinajstić information content (AvgIpc) is 2.42. The third kappa shape index (κ3) is 2.67. The second-order valence-electron chi connectivity index (χ2n) is 3.33. The number of aryl methyl sites for hydroxylation is 1. The minimum absolute atomic E-state index is 0.119. The van der Waals surface area contributed by atoms with Crippen LogP contribution in [-0.2, 0) is 11.8 Å². The van der Waals surface area contributed by atoms with Gasteiger partial charge in [0.1, 0.15) is 6.10 Å². The van der Waals surface area contributed by atoms with Crippen molar-refractivity contribution in [2.75, 3.05) is 5.73 Å². The number of anilines is 1. The second kappa shape index (κ2) is 4.28. The summed E-state index contributed by atoms with van der Waals surface area (Å²) in [7, 11) is 1.63. The normalized spacial score (nSPS) is 14.9. The first-order chi connectivity index (χ1) is 6.91. The number of nitrogen functional groups attached to an aromatic ring is 1. The molecule has 0 aliphatic heterocycles. The number of carbonyl (C=O) groups is 1. The van der Waals surface area contributed by atoms with E-state index in [1.807, 2.05) is 0 Å². The van der Waals surface area contributed by atoms with E-state index in [0.29, 0.717) is 0 Å². The molecular formula is C8H14N4O3. The van der Waals surface area contributed by atoms with Gasteiger partial charge in [0.05, 0.1) is 12.5 Å². The van der Waals surface area contributed by atoms with E-state index in [0.717, 1.165) is 0 Å². The third-order valence-corrected chi connectivity index (χ3v) is 1.98. The zero-order chi connectivity index (χ0) is 11.6. The van der Waals surface area contributed by atoms with Crippen LogP contribution in [0.2, 0.25) is 0 Å². The van der Waals surface area contributed by atoms with Gasteiger partial charge in [-0.2, -0.15) is 5.10 Å². The van der Waals surface area contributed by atoms with Gasteiger partial charge in [-0.15, -0.1) is 0 Å². The molecule has 0 saturated heterocycles. The van der Waals surface area contributed by atoms with Crippen LogP contribution in [0.5, 0.6) is 0 Å². The van der Waals surface area contributed by atoms with Gasteiger partial charge >= 0.3 is 0 Å². The Morgan fingerprint density at radius 1 is 1.67 bits per heavy atom. The lowest BCUT2D eigenvalue weighted by Gasteiger charge is -2.15. The maximum atomic E-state index is 10.5. The SMILES string of the molecule is Cn1cc(C(O)C(O)CC(N)=O)c(N)n1. The Kier molecular flexibility index (Phi) is 3.28. The van der Waals surface area contributed by atoms with Crippen molar-refractivity contribution in [2.24, 2.45) is 12.8 Å². The predicted octanol–water partition coefficient (Wildman–Crippen LogP) is -1.73. The standard InChI is InChI=1S/C8H14N4O3/c1-12-3-4(8(10)11-12)7(15)5(13)2-6(9)14/h3,5,7,13,15H,2H2,1H3,(H2,9,14)(H2,10,11). The Morgan fingerprint density at radius 2 is 2.27 bits per heavy atom. The summed E-state index contributed by atoms with van der Waals surface area (Å²) in [5.41, 5.74) is 10.7. The summed E-state index contributed by atoms with van der Waals surface area (Å²) in [5, 5.41) is 22.9. The molecule has 84 valence electrons. The number of primary amides is 1. The van der Waals surface area contributed by atoms with Gasteiger partial charge in [-0.05, 0) is 0 Å². The molecule has 0 aromatic carbocycles. The van der Waals surface area contributed by atoms with Crippen molar-refractivity contribution in [3.8, 4) is 0 Å². The average molecular weight is 214 g/mol. The maximum absolute atomic E-state index is 10.5. The smallest absolute Gasteiger partial charge is 0.220 e. The van der Waals surface area contributed by atoms with E-state index < -0.39 is 18.1 Å². The Labute approximate surface area is 86.3 Å². The molecule has 7 nitrogen and oxygen atoms in total. The van der Waals surface area contributed by atoms with E-state index in [4.69, 9.17) is 11.5 Å². The summed E-state index contributed by atoms with van der Waals surface area (Å²) in [5.74, 6) is -0.572. The molecule has 0 radical (unpaired) electrons. The minimum Gasteiger partial charge on any atom is -0.390 e. The molecule has 0 fully saturated rings. The molecule has 0 aliphatic rings. The number of hydrogen-bond donors (Lipinski definition) is 4. The van der Waals surface area contributed by atoms with Gasteiger partial charge < -0.3 is 21.7 Å². The zero-order valence-electron chi connectivity index (χ0n) is 8.29. The Hall–Kier alpha value is -1.60. The molecule has 15 heavy (non-hydrogen) atoms. The number of aliphatic hydroxyl groups excluding tert-OH is 2. The lowest BCUT2D eigenvalue weighted by Crippen LogP contribution is -2.25. The van der Waals surface area contributed by atoms with Gasteiger partial charge in [-0.1, -0.05) is 0 Å². The number of hydrogen-bond acceptors (Lipinski definition) is 5. The quantitative estimate of drug-likeness (QED) is 0.473. The fourth-order valence-electron chi connectivity index (χ4n) is 1.28. The monoisotopic (exact) mass is 214 g/mol. The van der Waals surface area contributed by atoms with Crippen molar-refractivity contribution in [1.29, 1.82) is 0 Å². The summed E-state index contributed by atoms with van der Waals surface area (Å²) < 4.78 is 1.41. The molecule has 1 amide bonds. The fourth-order valence-corrected chi connectivity index (χ4v) is 1.28. The number of aromatic nitrogens is 2.